The molecule has 0 aromatic heterocycles. The number of carbonyl (C=O) groups is 1. The van der Waals surface area contributed by atoms with Crippen molar-refractivity contribution in [2.24, 2.45) is 0 Å². The molecule has 0 radical (unpaired) electrons. The van der Waals surface area contributed by atoms with E-state index < -0.39 is 16.7 Å². The number of rotatable bonds is 1. The van der Waals surface area contributed by atoms with Crippen LogP contribution in [0, 0.1) is 34.7 Å². The number of aryl methyl sites for hydroxylation is 1. The Hall–Kier alpha value is -2.42. The van der Waals surface area contributed by atoms with Crippen LogP contribution in [0.25, 0.3) is 0 Å². The standard InChI is InChI=1S/C11H8FNO4/c1-7-5-9(12)8(3-4-11(14)17-2)6-10(7)13(15)16/h5-6H,1-2H3. The fourth-order valence-corrected chi connectivity index (χ4v) is 1.12. The van der Waals surface area contributed by atoms with Gasteiger partial charge in [0.15, 0.2) is 0 Å². The van der Waals surface area contributed by atoms with Crippen LogP contribution in [-0.4, -0.2) is 18.0 Å². The minimum Gasteiger partial charge on any atom is -0.459 e. The first-order valence-electron chi connectivity index (χ1n) is 4.50. The molecule has 0 fully saturated rings. The van der Waals surface area contributed by atoms with Crippen molar-refractivity contribution in [1.29, 1.82) is 0 Å². The lowest BCUT2D eigenvalue weighted by Gasteiger charge is -1.99. The Labute approximate surface area is 96.3 Å². The van der Waals surface area contributed by atoms with E-state index in [1.807, 2.05) is 5.92 Å². The fraction of sp³-hybridized carbons (Fsp3) is 0.182. The van der Waals surface area contributed by atoms with Gasteiger partial charge in [-0.1, -0.05) is 5.92 Å². The Kier molecular flexibility index (Phi) is 3.78. The van der Waals surface area contributed by atoms with Crippen molar-refractivity contribution in [2.75, 3.05) is 7.11 Å². The molecule has 0 spiro atoms. The molecule has 0 aliphatic rings. The number of nitro benzene ring substituents is 1. The summed E-state index contributed by atoms with van der Waals surface area (Å²) in [4.78, 5) is 20.7. The topological polar surface area (TPSA) is 69.4 Å². The van der Waals surface area contributed by atoms with Gasteiger partial charge in [0.05, 0.1) is 17.6 Å². The van der Waals surface area contributed by atoms with Crippen LogP contribution in [0.5, 0.6) is 0 Å². The number of methoxy groups -OCH3 is 1. The molecule has 88 valence electrons. The maximum absolute atomic E-state index is 13.4. The highest BCUT2D eigenvalue weighted by Crippen LogP contribution is 2.21. The van der Waals surface area contributed by atoms with E-state index in [1.165, 1.54) is 6.92 Å². The maximum atomic E-state index is 13.4. The molecule has 17 heavy (non-hydrogen) atoms. The number of ether oxygens (including phenoxy) is 1. The van der Waals surface area contributed by atoms with Crippen LogP contribution in [0.1, 0.15) is 11.1 Å². The third kappa shape index (κ3) is 3.01. The van der Waals surface area contributed by atoms with Crippen LogP contribution in [0.3, 0.4) is 0 Å². The summed E-state index contributed by atoms with van der Waals surface area (Å²) >= 11 is 0. The van der Waals surface area contributed by atoms with Crippen molar-refractivity contribution in [3.8, 4) is 11.8 Å². The summed E-state index contributed by atoms with van der Waals surface area (Å²) in [6.07, 6.45) is 0. The van der Waals surface area contributed by atoms with Gasteiger partial charge in [-0.3, -0.25) is 10.1 Å². The average molecular weight is 237 g/mol. The minimum atomic E-state index is -0.840. The molecule has 1 aromatic rings. The monoisotopic (exact) mass is 237 g/mol. The molecule has 0 saturated carbocycles. The summed E-state index contributed by atoms with van der Waals surface area (Å²) in [6, 6.07) is 1.99. The number of esters is 1. The lowest BCUT2D eigenvalue weighted by molar-refractivity contribution is -0.385. The van der Waals surface area contributed by atoms with Gasteiger partial charge in [0.1, 0.15) is 5.82 Å². The second kappa shape index (κ2) is 5.07. The number of nitro groups is 1. The summed E-state index contributed by atoms with van der Waals surface area (Å²) < 4.78 is 17.6. The lowest BCUT2D eigenvalue weighted by Crippen LogP contribution is -1.97. The summed E-state index contributed by atoms with van der Waals surface area (Å²) in [5.41, 5.74) is -0.274. The van der Waals surface area contributed by atoms with E-state index in [9.17, 15) is 19.3 Å². The Morgan fingerprint density at radius 3 is 2.71 bits per heavy atom. The van der Waals surface area contributed by atoms with Gasteiger partial charge >= 0.3 is 5.97 Å². The molecule has 0 aliphatic carbocycles. The van der Waals surface area contributed by atoms with Crippen molar-refractivity contribution < 1.29 is 18.8 Å². The molecule has 0 amide bonds. The highest BCUT2D eigenvalue weighted by atomic mass is 19.1. The Morgan fingerprint density at radius 2 is 2.18 bits per heavy atom. The first-order chi connectivity index (χ1) is 7.95. The van der Waals surface area contributed by atoms with Crippen molar-refractivity contribution in [3.63, 3.8) is 0 Å². The van der Waals surface area contributed by atoms with Gasteiger partial charge < -0.3 is 4.74 Å². The summed E-state index contributed by atoms with van der Waals surface area (Å²) in [7, 11) is 1.13. The van der Waals surface area contributed by atoms with Crippen LogP contribution in [0.2, 0.25) is 0 Å². The molecular formula is C11H8FNO4. The van der Waals surface area contributed by atoms with Crippen LogP contribution in [0.15, 0.2) is 12.1 Å². The molecule has 5 nitrogen and oxygen atoms in total. The Bertz CT molecular complexity index is 542. The van der Waals surface area contributed by atoms with E-state index in [2.05, 4.69) is 10.7 Å². The highest BCUT2D eigenvalue weighted by Gasteiger charge is 2.14. The molecule has 1 aromatic carbocycles. The second-order valence-corrected chi connectivity index (χ2v) is 3.12. The number of hydrogen-bond donors (Lipinski definition) is 0. The molecule has 0 saturated heterocycles. The van der Waals surface area contributed by atoms with Gasteiger partial charge in [-0.25, -0.2) is 9.18 Å². The molecular weight excluding hydrogens is 229 g/mol. The summed E-state index contributed by atoms with van der Waals surface area (Å²) in [6.45, 7) is 1.42. The third-order valence-corrected chi connectivity index (χ3v) is 1.97. The number of nitrogens with zero attached hydrogens (tertiary/aromatic N) is 1. The van der Waals surface area contributed by atoms with Crippen LogP contribution >= 0.6 is 0 Å². The predicted molar refractivity (Wildman–Crippen MR) is 56.7 cm³/mol. The molecule has 0 aliphatic heterocycles. The van der Waals surface area contributed by atoms with Gasteiger partial charge in [0.2, 0.25) is 0 Å². The van der Waals surface area contributed by atoms with E-state index in [1.54, 1.807) is 0 Å². The Balaban J connectivity index is 3.24. The van der Waals surface area contributed by atoms with Crippen molar-refractivity contribution >= 4 is 11.7 Å². The van der Waals surface area contributed by atoms with Crippen LogP contribution in [-0.2, 0) is 9.53 Å². The largest absolute Gasteiger partial charge is 0.459 e. The normalized spacial score (nSPS) is 9.12. The summed E-state index contributed by atoms with van der Waals surface area (Å²) in [5.74, 6) is 2.63. The zero-order valence-corrected chi connectivity index (χ0v) is 9.11. The lowest BCUT2D eigenvalue weighted by atomic mass is 10.1. The second-order valence-electron chi connectivity index (χ2n) is 3.12. The highest BCUT2D eigenvalue weighted by molar-refractivity contribution is 5.89. The fourth-order valence-electron chi connectivity index (χ4n) is 1.12. The van der Waals surface area contributed by atoms with E-state index in [4.69, 9.17) is 0 Å². The quantitative estimate of drug-likeness (QED) is 0.321. The minimum absolute atomic E-state index is 0.191. The van der Waals surface area contributed by atoms with E-state index in [0.29, 0.717) is 0 Å². The smallest absolute Gasteiger partial charge is 0.384 e. The van der Waals surface area contributed by atoms with E-state index in [-0.39, 0.29) is 16.8 Å². The Morgan fingerprint density at radius 1 is 1.53 bits per heavy atom. The van der Waals surface area contributed by atoms with Crippen molar-refractivity contribution in [2.45, 2.75) is 6.92 Å². The first-order valence-corrected chi connectivity index (χ1v) is 4.50. The number of benzene rings is 1. The van der Waals surface area contributed by atoms with E-state index in [0.717, 1.165) is 19.2 Å². The van der Waals surface area contributed by atoms with Gasteiger partial charge in [-0.05, 0) is 13.0 Å². The van der Waals surface area contributed by atoms with Crippen molar-refractivity contribution in [1.82, 2.24) is 0 Å². The first kappa shape index (κ1) is 12.6. The summed E-state index contributed by atoms with van der Waals surface area (Å²) in [5, 5.41) is 10.6. The molecule has 0 unspecified atom stereocenters. The molecule has 1 rings (SSSR count). The number of halogens is 1. The van der Waals surface area contributed by atoms with Crippen molar-refractivity contribution in [3.05, 3.63) is 39.2 Å². The van der Waals surface area contributed by atoms with Gasteiger partial charge in [-0.2, -0.15) is 0 Å². The zero-order valence-electron chi connectivity index (χ0n) is 9.11. The number of carbonyl (C=O) groups excluding carboxylic acids is 1. The van der Waals surface area contributed by atoms with Crippen LogP contribution in [0.4, 0.5) is 10.1 Å². The predicted octanol–water partition coefficient (Wildman–Crippen LogP) is 1.57. The van der Waals surface area contributed by atoms with Gasteiger partial charge in [-0.15, -0.1) is 0 Å². The third-order valence-electron chi connectivity index (χ3n) is 1.97. The molecule has 0 atom stereocenters. The molecule has 0 heterocycles. The molecule has 6 heteroatoms. The number of hydrogen-bond acceptors (Lipinski definition) is 4. The molecule has 0 bridgehead atoms. The SMILES string of the molecule is COC(=O)C#Cc1cc([N+](=O)[O-])c(C)cc1F. The van der Waals surface area contributed by atoms with E-state index >= 15 is 0 Å². The zero-order chi connectivity index (χ0) is 13.0. The van der Waals surface area contributed by atoms with Crippen LogP contribution < -0.4 is 0 Å². The maximum Gasteiger partial charge on any atom is 0.384 e. The molecule has 0 N–H and O–H groups in total. The average Bonchev–Trinajstić information content (AvgIpc) is 2.26. The van der Waals surface area contributed by atoms with Gasteiger partial charge in [0.25, 0.3) is 5.69 Å². The van der Waals surface area contributed by atoms with Gasteiger partial charge in [0, 0.05) is 17.6 Å².